The Morgan fingerprint density at radius 3 is 2.45 bits per heavy atom. The van der Waals surface area contributed by atoms with Crippen LogP contribution in [-0.4, -0.2) is 26.6 Å². The van der Waals surface area contributed by atoms with Crippen molar-refractivity contribution in [3.05, 3.63) is 75.3 Å². The molecule has 2 aromatic carbocycles. The summed E-state index contributed by atoms with van der Waals surface area (Å²) in [6.07, 6.45) is 0. The molecule has 0 saturated heterocycles. The highest BCUT2D eigenvalue weighted by Crippen LogP contribution is 2.29. The number of anilines is 1. The van der Waals surface area contributed by atoms with Crippen LogP contribution in [0.2, 0.25) is 0 Å². The van der Waals surface area contributed by atoms with Crippen LogP contribution in [0, 0.1) is 12.7 Å². The smallest absolute Gasteiger partial charge is 0.294 e. The van der Waals surface area contributed by atoms with Crippen molar-refractivity contribution in [1.82, 2.24) is 14.8 Å². The number of nitrogens with zero attached hydrogens (tertiary/aromatic N) is 3. The number of aryl methyl sites for hydroxylation is 1. The molecule has 0 unspecified atom stereocenters. The number of rotatable bonds is 5. The zero-order chi connectivity index (χ0) is 22.1. The molecule has 0 aliphatic rings. The summed E-state index contributed by atoms with van der Waals surface area (Å²) >= 11 is 1.31. The summed E-state index contributed by atoms with van der Waals surface area (Å²) in [6, 6.07) is 11.8. The van der Waals surface area contributed by atoms with Crippen LogP contribution in [0.25, 0.3) is 21.5 Å². The number of primary amides is 1. The predicted octanol–water partition coefficient (Wildman–Crippen LogP) is 2.71. The fourth-order valence-corrected chi connectivity index (χ4v) is 3.94. The van der Waals surface area contributed by atoms with E-state index in [2.05, 4.69) is 15.4 Å². The van der Waals surface area contributed by atoms with Crippen LogP contribution in [0.4, 0.5) is 10.1 Å². The number of nitrogens with two attached hydrogens (primary N) is 1. The molecule has 8 nitrogen and oxygen atoms in total. The van der Waals surface area contributed by atoms with Gasteiger partial charge in [0.25, 0.3) is 5.56 Å². The number of hydrogen-bond acceptors (Lipinski definition) is 6. The van der Waals surface area contributed by atoms with Gasteiger partial charge in [0.1, 0.15) is 18.1 Å². The van der Waals surface area contributed by atoms with Crippen molar-refractivity contribution in [1.29, 1.82) is 0 Å². The lowest BCUT2D eigenvalue weighted by molar-refractivity contribution is -0.117. The van der Waals surface area contributed by atoms with Gasteiger partial charge < -0.3 is 11.1 Å². The molecular weight excluding hydrogens is 421 g/mol. The Hall–Kier alpha value is -3.92. The Balaban J connectivity index is 1.67. The minimum atomic E-state index is -0.575. The largest absolute Gasteiger partial charge is 0.366 e. The summed E-state index contributed by atoms with van der Waals surface area (Å²) in [6.45, 7) is 1.42. The van der Waals surface area contributed by atoms with Gasteiger partial charge in [-0.2, -0.15) is 5.10 Å². The van der Waals surface area contributed by atoms with Gasteiger partial charge in [0.05, 0.1) is 9.71 Å². The number of nitrogens with one attached hydrogen (secondary N) is 1. The van der Waals surface area contributed by atoms with Gasteiger partial charge in [0.2, 0.25) is 11.8 Å². The second-order valence-electron chi connectivity index (χ2n) is 6.72. The Bertz CT molecular complexity index is 1360. The minimum absolute atomic E-state index is 0.204. The first-order chi connectivity index (χ1) is 14.8. The molecule has 0 fully saturated rings. The highest BCUT2D eigenvalue weighted by molar-refractivity contribution is 7.19. The molecule has 10 heteroatoms. The molecule has 0 saturated carbocycles. The Kier molecular flexibility index (Phi) is 5.30. The topological polar surface area (TPSA) is 120 Å². The number of carbonyl (C=O) groups excluding carboxylic acids is 2. The van der Waals surface area contributed by atoms with Crippen molar-refractivity contribution >= 4 is 39.1 Å². The van der Waals surface area contributed by atoms with Crippen LogP contribution in [0.3, 0.4) is 0 Å². The molecule has 0 aliphatic heterocycles. The first-order valence-electron chi connectivity index (χ1n) is 9.16. The van der Waals surface area contributed by atoms with E-state index in [4.69, 9.17) is 5.73 Å². The van der Waals surface area contributed by atoms with Crippen LogP contribution < -0.4 is 16.6 Å². The number of carbonyl (C=O) groups is 2. The molecule has 0 bridgehead atoms. The molecule has 3 N–H and O–H groups in total. The SMILES string of the molecule is Cc1nc2c(=O)n(CC(=O)Nc3ccc(C(N)=O)cc3)nc(-c3ccc(F)cc3)c2s1. The summed E-state index contributed by atoms with van der Waals surface area (Å²) in [4.78, 5) is 40.8. The molecule has 0 aliphatic carbocycles. The monoisotopic (exact) mass is 437 g/mol. The number of hydrogen-bond donors (Lipinski definition) is 2. The second kappa shape index (κ2) is 8.07. The fourth-order valence-electron chi connectivity index (χ4n) is 3.02. The van der Waals surface area contributed by atoms with Gasteiger partial charge in [-0.3, -0.25) is 14.4 Å². The Morgan fingerprint density at radius 1 is 1.13 bits per heavy atom. The van der Waals surface area contributed by atoms with Crippen LogP contribution >= 0.6 is 11.3 Å². The van der Waals surface area contributed by atoms with Crippen molar-refractivity contribution in [2.75, 3.05) is 5.32 Å². The number of thiazole rings is 1. The molecular formula is C21H16FN5O3S. The van der Waals surface area contributed by atoms with E-state index < -0.39 is 23.2 Å². The third kappa shape index (κ3) is 4.19. The van der Waals surface area contributed by atoms with Gasteiger partial charge in [-0.25, -0.2) is 14.1 Å². The zero-order valence-corrected chi connectivity index (χ0v) is 17.1. The maximum atomic E-state index is 13.3. The van der Waals surface area contributed by atoms with Crippen LogP contribution in [0.5, 0.6) is 0 Å². The van der Waals surface area contributed by atoms with E-state index in [-0.39, 0.29) is 12.1 Å². The number of fused-ring (bicyclic) bond motifs is 1. The summed E-state index contributed by atoms with van der Waals surface area (Å²) in [7, 11) is 0. The quantitative estimate of drug-likeness (QED) is 0.497. The number of amides is 2. The zero-order valence-electron chi connectivity index (χ0n) is 16.3. The van der Waals surface area contributed by atoms with Crippen LogP contribution in [0.15, 0.2) is 53.3 Å². The number of aromatic nitrogens is 3. The van der Waals surface area contributed by atoms with Gasteiger partial charge in [-0.05, 0) is 55.5 Å². The number of benzene rings is 2. The molecule has 0 radical (unpaired) electrons. The van der Waals surface area contributed by atoms with E-state index in [9.17, 15) is 18.8 Å². The molecule has 2 aromatic heterocycles. The Labute approximate surface area is 179 Å². The first kappa shape index (κ1) is 20.4. The molecule has 2 amide bonds. The maximum Gasteiger partial charge on any atom is 0.294 e. The van der Waals surface area contributed by atoms with E-state index in [1.54, 1.807) is 19.1 Å². The van der Waals surface area contributed by atoms with Gasteiger partial charge >= 0.3 is 0 Å². The summed E-state index contributed by atoms with van der Waals surface area (Å²) in [5, 5.41) is 7.68. The molecule has 0 atom stereocenters. The fraction of sp³-hybridized carbons (Fsp3) is 0.0952. The molecule has 156 valence electrons. The van der Waals surface area contributed by atoms with Crippen molar-refractivity contribution in [2.24, 2.45) is 5.73 Å². The highest BCUT2D eigenvalue weighted by atomic mass is 32.1. The van der Waals surface area contributed by atoms with Crippen molar-refractivity contribution < 1.29 is 14.0 Å². The molecule has 0 spiro atoms. The van der Waals surface area contributed by atoms with Gasteiger partial charge in [0.15, 0.2) is 5.52 Å². The van der Waals surface area contributed by atoms with Crippen molar-refractivity contribution in [2.45, 2.75) is 13.5 Å². The Morgan fingerprint density at radius 2 is 1.81 bits per heavy atom. The maximum absolute atomic E-state index is 13.3. The second-order valence-corrected chi connectivity index (χ2v) is 7.92. The lowest BCUT2D eigenvalue weighted by Crippen LogP contribution is -2.30. The average molecular weight is 437 g/mol. The van der Waals surface area contributed by atoms with Crippen molar-refractivity contribution in [3.63, 3.8) is 0 Å². The number of halogens is 1. The summed E-state index contributed by atoms with van der Waals surface area (Å²) < 4.78 is 15.0. The first-order valence-corrected chi connectivity index (χ1v) is 9.97. The molecule has 2 heterocycles. The van der Waals surface area contributed by atoms with Gasteiger partial charge in [-0.1, -0.05) is 0 Å². The van der Waals surface area contributed by atoms with Crippen LogP contribution in [0.1, 0.15) is 15.4 Å². The summed E-state index contributed by atoms with van der Waals surface area (Å²) in [5.41, 5.74) is 6.70. The molecule has 4 aromatic rings. The standard InChI is InChI=1S/C21H16FN5O3S/c1-11-24-18-19(31-11)17(12-2-6-14(22)7-3-12)26-27(21(18)30)10-16(28)25-15-8-4-13(5-9-15)20(23)29/h2-9H,10H2,1H3,(H2,23,29)(H,25,28). The molecule has 4 rings (SSSR count). The highest BCUT2D eigenvalue weighted by Gasteiger charge is 2.18. The van der Waals surface area contributed by atoms with E-state index in [1.807, 2.05) is 0 Å². The lowest BCUT2D eigenvalue weighted by Gasteiger charge is -2.09. The van der Waals surface area contributed by atoms with E-state index in [0.29, 0.717) is 32.2 Å². The van der Waals surface area contributed by atoms with E-state index in [1.165, 1.54) is 47.7 Å². The third-order valence-corrected chi connectivity index (χ3v) is 5.45. The third-order valence-electron chi connectivity index (χ3n) is 4.47. The van der Waals surface area contributed by atoms with Gasteiger partial charge in [0, 0.05) is 16.8 Å². The average Bonchev–Trinajstić information content (AvgIpc) is 3.13. The lowest BCUT2D eigenvalue weighted by atomic mass is 10.1. The van der Waals surface area contributed by atoms with Crippen LogP contribution in [-0.2, 0) is 11.3 Å². The van der Waals surface area contributed by atoms with Gasteiger partial charge in [-0.15, -0.1) is 11.3 Å². The minimum Gasteiger partial charge on any atom is -0.366 e. The molecule has 31 heavy (non-hydrogen) atoms. The van der Waals surface area contributed by atoms with Crippen molar-refractivity contribution in [3.8, 4) is 11.3 Å². The summed E-state index contributed by atoms with van der Waals surface area (Å²) in [5.74, 6) is -1.46. The van der Waals surface area contributed by atoms with E-state index >= 15 is 0 Å². The predicted molar refractivity (Wildman–Crippen MR) is 115 cm³/mol. The normalized spacial score (nSPS) is 10.9. The van der Waals surface area contributed by atoms with E-state index in [0.717, 1.165) is 4.68 Å².